The number of hydrogen-bond acceptors (Lipinski definition) is 2. The van der Waals surface area contributed by atoms with Gasteiger partial charge in [-0.3, -0.25) is 4.90 Å². The van der Waals surface area contributed by atoms with Crippen LogP contribution < -0.4 is 5.32 Å². The fourth-order valence-electron chi connectivity index (χ4n) is 3.62. The lowest BCUT2D eigenvalue weighted by Gasteiger charge is -2.33. The summed E-state index contributed by atoms with van der Waals surface area (Å²) in [6, 6.07) is 0.430. The van der Waals surface area contributed by atoms with Crippen molar-refractivity contribution in [3.63, 3.8) is 0 Å². The van der Waals surface area contributed by atoms with Crippen molar-refractivity contribution < 1.29 is 13.2 Å². The van der Waals surface area contributed by atoms with Crippen LogP contribution in [0.1, 0.15) is 38.5 Å². The second-order valence-electron chi connectivity index (χ2n) is 6.91. The molecule has 20 heavy (non-hydrogen) atoms. The van der Waals surface area contributed by atoms with E-state index in [9.17, 15) is 13.2 Å². The minimum absolute atomic E-state index is 0.430. The number of halogens is 3. The third kappa shape index (κ3) is 4.35. The molecule has 0 aromatic carbocycles. The zero-order chi connectivity index (χ0) is 14.2. The normalized spacial score (nSPS) is 26.4. The van der Waals surface area contributed by atoms with Crippen LogP contribution in [0.3, 0.4) is 0 Å². The molecular formula is C15H25F3N2. The number of nitrogens with zero attached hydrogens (tertiary/aromatic N) is 1. The first kappa shape index (κ1) is 14.6. The van der Waals surface area contributed by atoms with E-state index in [1.54, 1.807) is 0 Å². The van der Waals surface area contributed by atoms with Crippen molar-refractivity contribution in [3.05, 3.63) is 0 Å². The molecule has 1 saturated heterocycles. The summed E-state index contributed by atoms with van der Waals surface area (Å²) in [5.74, 6) is 2.74. The van der Waals surface area contributed by atoms with Gasteiger partial charge in [-0.15, -0.1) is 0 Å². The van der Waals surface area contributed by atoms with Crippen molar-refractivity contribution in [2.75, 3.05) is 26.2 Å². The lowest BCUT2D eigenvalue weighted by Crippen LogP contribution is -2.46. The van der Waals surface area contributed by atoms with E-state index in [1.807, 2.05) is 0 Å². The maximum absolute atomic E-state index is 12.3. The van der Waals surface area contributed by atoms with Gasteiger partial charge < -0.3 is 5.32 Å². The Labute approximate surface area is 119 Å². The van der Waals surface area contributed by atoms with E-state index < -0.39 is 12.7 Å². The minimum atomic E-state index is -4.05. The molecule has 1 heterocycles. The largest absolute Gasteiger partial charge is 0.401 e. The third-order valence-electron chi connectivity index (χ3n) is 5.09. The Bertz CT molecular complexity index is 304. The molecule has 0 unspecified atom stereocenters. The van der Waals surface area contributed by atoms with Crippen LogP contribution in [-0.2, 0) is 0 Å². The van der Waals surface area contributed by atoms with E-state index in [0.717, 1.165) is 37.1 Å². The summed E-state index contributed by atoms with van der Waals surface area (Å²) in [5, 5.41) is 3.64. The lowest BCUT2D eigenvalue weighted by molar-refractivity contribution is -0.148. The summed E-state index contributed by atoms with van der Waals surface area (Å²) >= 11 is 0. The molecule has 0 bridgehead atoms. The van der Waals surface area contributed by atoms with E-state index in [1.165, 1.54) is 30.6 Å². The number of alkyl halides is 3. The van der Waals surface area contributed by atoms with Crippen LogP contribution in [0.5, 0.6) is 0 Å². The third-order valence-corrected chi connectivity index (χ3v) is 5.09. The van der Waals surface area contributed by atoms with Crippen LogP contribution in [0.2, 0.25) is 0 Å². The SMILES string of the molecule is FC(F)(F)CN1CCC(NCC(C2CC2)C2CC2)CC1. The molecule has 3 rings (SSSR count). The van der Waals surface area contributed by atoms with E-state index in [4.69, 9.17) is 0 Å². The first-order valence-corrected chi connectivity index (χ1v) is 8.04. The van der Waals surface area contributed by atoms with Crippen LogP contribution in [0.15, 0.2) is 0 Å². The second kappa shape index (κ2) is 5.84. The van der Waals surface area contributed by atoms with Crippen molar-refractivity contribution in [3.8, 4) is 0 Å². The van der Waals surface area contributed by atoms with Crippen LogP contribution in [0, 0.1) is 17.8 Å². The van der Waals surface area contributed by atoms with Gasteiger partial charge in [-0.2, -0.15) is 13.2 Å². The van der Waals surface area contributed by atoms with Crippen molar-refractivity contribution >= 4 is 0 Å². The van der Waals surface area contributed by atoms with Gasteiger partial charge in [0, 0.05) is 6.04 Å². The van der Waals surface area contributed by atoms with E-state index in [2.05, 4.69) is 5.32 Å². The first-order chi connectivity index (χ1) is 9.51. The molecule has 0 aromatic heterocycles. The molecule has 2 saturated carbocycles. The van der Waals surface area contributed by atoms with Gasteiger partial charge in [-0.05, 0) is 75.9 Å². The molecule has 0 aromatic rings. The molecule has 1 N–H and O–H groups in total. The quantitative estimate of drug-likeness (QED) is 0.809. The molecule has 5 heteroatoms. The van der Waals surface area contributed by atoms with Gasteiger partial charge in [0.2, 0.25) is 0 Å². The number of hydrogen-bond donors (Lipinski definition) is 1. The molecule has 0 atom stereocenters. The maximum Gasteiger partial charge on any atom is 0.401 e. The first-order valence-electron chi connectivity index (χ1n) is 8.04. The Morgan fingerprint density at radius 2 is 1.50 bits per heavy atom. The molecule has 2 nitrogen and oxygen atoms in total. The van der Waals surface area contributed by atoms with E-state index in [0.29, 0.717) is 19.1 Å². The minimum Gasteiger partial charge on any atom is -0.314 e. The van der Waals surface area contributed by atoms with Gasteiger partial charge in [-0.25, -0.2) is 0 Å². The standard InChI is InChI=1S/C15H25F3N2/c16-15(17,18)10-20-7-5-13(6-8-20)19-9-14(11-1-2-11)12-3-4-12/h11-14,19H,1-10H2. The van der Waals surface area contributed by atoms with Crippen LogP contribution >= 0.6 is 0 Å². The summed E-state index contributed by atoms with van der Waals surface area (Å²) in [4.78, 5) is 1.54. The molecule has 0 spiro atoms. The van der Waals surface area contributed by atoms with Gasteiger partial charge in [0.1, 0.15) is 0 Å². The Hall–Kier alpha value is -0.290. The maximum atomic E-state index is 12.3. The topological polar surface area (TPSA) is 15.3 Å². The highest BCUT2D eigenvalue weighted by Gasteiger charge is 2.41. The summed E-state index contributed by atoms with van der Waals surface area (Å²) in [6.45, 7) is 1.51. The summed E-state index contributed by atoms with van der Waals surface area (Å²) in [6.07, 6.45) is 3.25. The molecule has 0 amide bonds. The highest BCUT2D eigenvalue weighted by Crippen LogP contribution is 2.48. The van der Waals surface area contributed by atoms with Crippen molar-refractivity contribution in [1.82, 2.24) is 10.2 Å². The zero-order valence-electron chi connectivity index (χ0n) is 12.0. The van der Waals surface area contributed by atoms with Crippen molar-refractivity contribution in [2.45, 2.75) is 50.7 Å². The second-order valence-corrected chi connectivity index (χ2v) is 6.91. The average Bonchev–Trinajstić information content (AvgIpc) is 3.24. The molecule has 3 fully saturated rings. The summed E-state index contributed by atoms with van der Waals surface area (Å²) in [7, 11) is 0. The number of rotatable bonds is 6. The summed E-state index contributed by atoms with van der Waals surface area (Å²) in [5.41, 5.74) is 0. The summed E-state index contributed by atoms with van der Waals surface area (Å²) < 4.78 is 37.0. The number of nitrogens with one attached hydrogen (secondary N) is 1. The van der Waals surface area contributed by atoms with E-state index >= 15 is 0 Å². The Kier molecular flexibility index (Phi) is 4.27. The van der Waals surface area contributed by atoms with Gasteiger partial charge in [0.25, 0.3) is 0 Å². The zero-order valence-corrected chi connectivity index (χ0v) is 12.0. The fraction of sp³-hybridized carbons (Fsp3) is 1.00. The predicted octanol–water partition coefficient (Wildman–Crippen LogP) is 3.04. The van der Waals surface area contributed by atoms with Crippen LogP contribution in [-0.4, -0.2) is 43.3 Å². The van der Waals surface area contributed by atoms with Gasteiger partial charge >= 0.3 is 6.18 Å². The lowest BCUT2D eigenvalue weighted by atomic mass is 9.96. The number of piperidine rings is 1. The molecule has 0 radical (unpaired) electrons. The molecule has 1 aliphatic heterocycles. The van der Waals surface area contributed by atoms with Crippen molar-refractivity contribution in [1.29, 1.82) is 0 Å². The molecule has 2 aliphatic carbocycles. The van der Waals surface area contributed by atoms with Gasteiger partial charge in [0.15, 0.2) is 0 Å². The molecule has 3 aliphatic rings. The predicted molar refractivity (Wildman–Crippen MR) is 72.5 cm³/mol. The fourth-order valence-corrected chi connectivity index (χ4v) is 3.62. The highest BCUT2D eigenvalue weighted by atomic mass is 19.4. The highest BCUT2D eigenvalue weighted by molar-refractivity contribution is 4.93. The molecule has 116 valence electrons. The smallest absolute Gasteiger partial charge is 0.314 e. The Balaban J connectivity index is 1.36. The monoisotopic (exact) mass is 290 g/mol. The Morgan fingerprint density at radius 3 is 1.95 bits per heavy atom. The van der Waals surface area contributed by atoms with Gasteiger partial charge in [-0.1, -0.05) is 0 Å². The average molecular weight is 290 g/mol. The van der Waals surface area contributed by atoms with Gasteiger partial charge in [0.05, 0.1) is 6.54 Å². The molecular weight excluding hydrogens is 265 g/mol. The van der Waals surface area contributed by atoms with Crippen LogP contribution in [0.4, 0.5) is 13.2 Å². The Morgan fingerprint density at radius 1 is 0.950 bits per heavy atom. The number of likely N-dealkylation sites (tertiary alicyclic amines) is 1. The van der Waals surface area contributed by atoms with E-state index in [-0.39, 0.29) is 0 Å². The van der Waals surface area contributed by atoms with Crippen LogP contribution in [0.25, 0.3) is 0 Å². The van der Waals surface area contributed by atoms with Crippen molar-refractivity contribution in [2.24, 2.45) is 17.8 Å².